The molecule has 0 saturated heterocycles. The largest absolute Gasteiger partial charge is 0.480 e. The summed E-state index contributed by atoms with van der Waals surface area (Å²) < 4.78 is -1.74. The topological polar surface area (TPSA) is 74.7 Å². The molecule has 130 valence electrons. The Morgan fingerprint density at radius 3 is 1.39 bits per heavy atom. The first-order valence-electron chi connectivity index (χ1n) is 7.81. The van der Waals surface area contributed by atoms with E-state index in [0.29, 0.717) is 25.7 Å². The van der Waals surface area contributed by atoms with Crippen molar-refractivity contribution in [3.63, 3.8) is 0 Å². The van der Waals surface area contributed by atoms with E-state index in [9.17, 15) is 19.5 Å². The summed E-state index contributed by atoms with van der Waals surface area (Å²) in [5, 5.41) is 9.33. The Morgan fingerprint density at radius 1 is 0.913 bits per heavy atom. The van der Waals surface area contributed by atoms with E-state index >= 15 is 0 Å². The Balaban J connectivity index is 2.42. The van der Waals surface area contributed by atoms with Crippen LogP contribution in [0.15, 0.2) is 0 Å². The van der Waals surface area contributed by atoms with Gasteiger partial charge in [0.15, 0.2) is 11.6 Å². The van der Waals surface area contributed by atoms with Gasteiger partial charge in [-0.1, -0.05) is 0 Å². The van der Waals surface area contributed by atoms with Gasteiger partial charge in [-0.05, 0) is 53.4 Å². The van der Waals surface area contributed by atoms with Gasteiger partial charge < -0.3 is 5.11 Å². The lowest BCUT2D eigenvalue weighted by molar-refractivity contribution is -0.145. The van der Waals surface area contributed by atoms with Crippen LogP contribution in [0.25, 0.3) is 0 Å². The summed E-state index contributed by atoms with van der Waals surface area (Å²) in [5.74, 6) is -1.24. The molecule has 0 atom stereocenters. The summed E-state index contributed by atoms with van der Waals surface area (Å²) in [6, 6.07) is 0. The van der Waals surface area contributed by atoms with Crippen molar-refractivity contribution in [1.29, 1.82) is 0 Å². The monoisotopic (exact) mass is 359 g/mol. The normalized spacial score (nSPS) is 21.9. The molecule has 5 nitrogen and oxygen atoms in total. The number of ketones is 2. The molecule has 2 aliphatic carbocycles. The van der Waals surface area contributed by atoms with Crippen molar-refractivity contribution >= 4 is 42.8 Å². The number of carboxylic acid groups (broad SMARTS) is 1. The number of carboxylic acids is 1. The average Bonchev–Trinajstić information content (AvgIpc) is 3.27. The number of thiol groups is 2. The zero-order valence-corrected chi connectivity index (χ0v) is 15.8. The lowest BCUT2D eigenvalue weighted by Crippen LogP contribution is -2.61. The van der Waals surface area contributed by atoms with Crippen LogP contribution in [0, 0.1) is 0 Å². The number of nitrogens with zero attached hydrogens (tertiary/aromatic N) is 1. The van der Waals surface area contributed by atoms with Gasteiger partial charge in [0.25, 0.3) is 0 Å². The molecule has 0 spiro atoms. The average molecular weight is 360 g/mol. The summed E-state index contributed by atoms with van der Waals surface area (Å²) in [4.78, 5) is 38.8. The van der Waals surface area contributed by atoms with E-state index < -0.39 is 26.5 Å². The molecule has 2 aliphatic rings. The van der Waals surface area contributed by atoms with Gasteiger partial charge in [0, 0.05) is 0 Å². The van der Waals surface area contributed by atoms with Crippen LogP contribution in [0.5, 0.6) is 0 Å². The van der Waals surface area contributed by atoms with E-state index in [1.54, 1.807) is 32.6 Å². The first-order chi connectivity index (χ1) is 10.3. The number of rotatable bonds is 8. The fourth-order valence-electron chi connectivity index (χ4n) is 3.46. The fourth-order valence-corrected chi connectivity index (χ4v) is 3.88. The molecule has 0 aromatic rings. The van der Waals surface area contributed by atoms with Crippen molar-refractivity contribution in [2.45, 2.75) is 74.0 Å². The van der Waals surface area contributed by atoms with Gasteiger partial charge in [-0.25, -0.2) is 0 Å². The van der Waals surface area contributed by atoms with E-state index in [1.165, 1.54) is 0 Å². The molecule has 0 unspecified atom stereocenters. The molecule has 23 heavy (non-hydrogen) atoms. The third kappa shape index (κ3) is 3.33. The molecule has 0 amide bonds. The molecule has 0 heterocycles. The van der Waals surface area contributed by atoms with Crippen LogP contribution in [0.2, 0.25) is 0 Å². The van der Waals surface area contributed by atoms with Crippen LogP contribution in [-0.2, 0) is 14.4 Å². The minimum Gasteiger partial charge on any atom is -0.480 e. The van der Waals surface area contributed by atoms with Crippen molar-refractivity contribution in [2.75, 3.05) is 6.54 Å². The molecule has 0 radical (unpaired) electrons. The summed E-state index contributed by atoms with van der Waals surface area (Å²) in [6.45, 7) is 6.52. The minimum absolute atomic E-state index is 0.106. The van der Waals surface area contributed by atoms with Gasteiger partial charge >= 0.3 is 5.97 Å². The lowest BCUT2D eigenvalue weighted by atomic mass is 9.90. The van der Waals surface area contributed by atoms with E-state index in [1.807, 2.05) is 0 Å². The number of aliphatic carboxylic acids is 1. The number of Topliss-reactive ketones (excluding diaryl/α,β-unsaturated/α-hetero) is 2. The lowest BCUT2D eigenvalue weighted by Gasteiger charge is -2.40. The van der Waals surface area contributed by atoms with Gasteiger partial charge in [-0.3, -0.25) is 19.3 Å². The predicted molar refractivity (Wildman–Crippen MR) is 94.4 cm³/mol. The highest BCUT2D eigenvalue weighted by Crippen LogP contribution is 2.56. The van der Waals surface area contributed by atoms with Crippen molar-refractivity contribution in [3.8, 4) is 0 Å². The molecule has 2 saturated carbocycles. The van der Waals surface area contributed by atoms with Crippen molar-refractivity contribution in [2.24, 2.45) is 0 Å². The quantitative estimate of drug-likeness (QED) is 0.578. The van der Waals surface area contributed by atoms with Gasteiger partial charge in [-0.2, -0.15) is 25.3 Å². The molecule has 2 fully saturated rings. The molecule has 1 N–H and O–H groups in total. The second-order valence-electron chi connectivity index (χ2n) is 7.82. The van der Waals surface area contributed by atoms with Gasteiger partial charge in [0.1, 0.15) is 0 Å². The summed E-state index contributed by atoms with van der Waals surface area (Å²) >= 11 is 8.74. The Kier molecular flexibility index (Phi) is 4.49. The minimum atomic E-state index is -1.03. The van der Waals surface area contributed by atoms with E-state index in [4.69, 9.17) is 0 Å². The van der Waals surface area contributed by atoms with Crippen molar-refractivity contribution in [1.82, 2.24) is 4.90 Å². The van der Waals surface area contributed by atoms with Crippen LogP contribution < -0.4 is 0 Å². The van der Waals surface area contributed by atoms with Crippen molar-refractivity contribution < 1.29 is 19.5 Å². The SMILES string of the molecule is CC(C)(S)C(=O)C1(N(CC(=O)O)C2(C(=O)C(C)(C)S)CC2)CC1. The zero-order valence-electron chi connectivity index (χ0n) is 14.0. The molecule has 2 rings (SSSR count). The molecular formula is C16H25NO4S2. The highest BCUT2D eigenvalue weighted by atomic mass is 32.1. The van der Waals surface area contributed by atoms with Crippen LogP contribution in [0.1, 0.15) is 53.4 Å². The van der Waals surface area contributed by atoms with E-state index in [2.05, 4.69) is 25.3 Å². The summed E-state index contributed by atoms with van der Waals surface area (Å²) in [5.41, 5.74) is -1.76. The maximum Gasteiger partial charge on any atom is 0.317 e. The number of carbonyl (C=O) groups excluding carboxylic acids is 2. The number of hydrogen-bond acceptors (Lipinski definition) is 6. The molecule has 0 aromatic carbocycles. The Hall–Kier alpha value is -0.530. The standard InChI is InChI=1S/C16H25NO4S2/c1-13(2,22)11(20)15(5-6-15)17(9-10(18)19)16(7-8-16)12(21)14(3,4)23/h22-23H,5-9H2,1-4H3,(H,18,19). The first kappa shape index (κ1) is 18.8. The second kappa shape index (κ2) is 5.49. The first-order valence-corrected chi connectivity index (χ1v) is 8.71. The second-order valence-corrected chi connectivity index (χ2v) is 10.1. The smallest absolute Gasteiger partial charge is 0.317 e. The number of hydrogen-bond donors (Lipinski definition) is 3. The van der Waals surface area contributed by atoms with E-state index in [-0.39, 0.29) is 18.1 Å². The highest BCUT2D eigenvalue weighted by Gasteiger charge is 2.68. The van der Waals surface area contributed by atoms with Crippen LogP contribution in [0.3, 0.4) is 0 Å². The van der Waals surface area contributed by atoms with Gasteiger partial charge in [0.05, 0.1) is 27.1 Å². The Morgan fingerprint density at radius 2 is 1.22 bits per heavy atom. The maximum absolute atomic E-state index is 12.9. The van der Waals surface area contributed by atoms with Crippen LogP contribution in [-0.4, -0.2) is 54.7 Å². The van der Waals surface area contributed by atoms with Crippen molar-refractivity contribution in [3.05, 3.63) is 0 Å². The summed E-state index contributed by atoms with van der Waals surface area (Å²) in [6.07, 6.45) is 2.30. The predicted octanol–water partition coefficient (Wildman–Crippen LogP) is 1.99. The van der Waals surface area contributed by atoms with E-state index in [0.717, 1.165) is 0 Å². The third-order valence-electron chi connectivity index (χ3n) is 4.73. The molecule has 0 aromatic heterocycles. The molecule has 0 bridgehead atoms. The zero-order chi connectivity index (χ0) is 17.8. The fraction of sp³-hybridized carbons (Fsp3) is 0.812. The molecule has 0 aliphatic heterocycles. The maximum atomic E-state index is 12.9. The Labute approximate surface area is 148 Å². The highest BCUT2D eigenvalue weighted by molar-refractivity contribution is 7.83. The molecular weight excluding hydrogens is 334 g/mol. The molecule has 7 heteroatoms. The summed E-state index contributed by atoms with van der Waals surface area (Å²) in [7, 11) is 0. The van der Waals surface area contributed by atoms with Gasteiger partial charge in [-0.15, -0.1) is 0 Å². The van der Waals surface area contributed by atoms with Crippen LogP contribution >= 0.6 is 25.3 Å². The Bertz CT molecular complexity index is 509. The third-order valence-corrected chi connectivity index (χ3v) is 5.14. The van der Waals surface area contributed by atoms with Crippen LogP contribution in [0.4, 0.5) is 0 Å². The number of carbonyl (C=O) groups is 3. The van der Waals surface area contributed by atoms with Gasteiger partial charge in [0.2, 0.25) is 0 Å².